The van der Waals surface area contributed by atoms with Crippen LogP contribution in [0.1, 0.15) is 31.2 Å². The number of pyridine rings is 2. The van der Waals surface area contributed by atoms with E-state index in [1.165, 1.54) is 18.4 Å². The van der Waals surface area contributed by atoms with Crippen molar-refractivity contribution in [2.45, 2.75) is 50.4 Å². The standard InChI is InChI=1S/C18H20ClN3O.C4H4O4/c19-14-3-6-18(21-11-14)23-17-8-15-4-5-16(9-17)22(15)12-13-2-1-7-20-10-13;5-3(6)1-2-4(7)8/h1-3,6-7,10-11,15-17H,4-5,8-9,12H2;1-2H,(H,5,6)(H,7,8). The van der Waals surface area contributed by atoms with E-state index in [0.717, 1.165) is 19.4 Å². The molecule has 2 atom stereocenters. The number of carboxylic acids is 2. The molecule has 31 heavy (non-hydrogen) atoms. The first-order chi connectivity index (χ1) is 14.9. The number of hydrogen-bond acceptors (Lipinski definition) is 6. The van der Waals surface area contributed by atoms with E-state index in [-0.39, 0.29) is 6.10 Å². The van der Waals surface area contributed by atoms with Gasteiger partial charge in [-0.25, -0.2) is 14.6 Å². The molecule has 2 aromatic heterocycles. The molecule has 4 rings (SSSR count). The second-order valence-electron chi connectivity index (χ2n) is 7.45. The van der Waals surface area contributed by atoms with Gasteiger partial charge in [-0.05, 0) is 43.4 Å². The molecule has 0 spiro atoms. The fourth-order valence-electron chi connectivity index (χ4n) is 4.03. The van der Waals surface area contributed by atoms with Crippen molar-refractivity contribution in [1.29, 1.82) is 0 Å². The van der Waals surface area contributed by atoms with Crippen LogP contribution in [0.3, 0.4) is 0 Å². The Hall–Kier alpha value is -2.97. The SMILES string of the molecule is Clc1ccc(OC2CC3CCC(C2)N3Cc2cccnc2)nc1.O=C(O)C=CC(=O)O. The molecular weight excluding hydrogens is 422 g/mol. The zero-order valence-corrected chi connectivity index (χ0v) is 17.6. The number of aliphatic carboxylic acids is 2. The van der Waals surface area contributed by atoms with E-state index < -0.39 is 11.9 Å². The topological polar surface area (TPSA) is 113 Å². The Balaban J connectivity index is 0.000000293. The molecule has 0 radical (unpaired) electrons. The van der Waals surface area contributed by atoms with Crippen molar-refractivity contribution in [3.63, 3.8) is 0 Å². The van der Waals surface area contributed by atoms with Crippen LogP contribution in [0.4, 0.5) is 0 Å². The monoisotopic (exact) mass is 445 g/mol. The number of fused-ring (bicyclic) bond motifs is 2. The molecule has 2 unspecified atom stereocenters. The van der Waals surface area contributed by atoms with Gasteiger partial charge in [0, 0.05) is 55.4 Å². The predicted molar refractivity (Wildman–Crippen MR) is 114 cm³/mol. The number of hydrogen-bond donors (Lipinski definition) is 2. The van der Waals surface area contributed by atoms with E-state index in [4.69, 9.17) is 26.6 Å². The van der Waals surface area contributed by atoms with Gasteiger partial charge in [-0.3, -0.25) is 9.88 Å². The molecule has 4 heterocycles. The number of aromatic nitrogens is 2. The average molecular weight is 446 g/mol. The summed E-state index contributed by atoms with van der Waals surface area (Å²) >= 11 is 5.88. The molecule has 164 valence electrons. The van der Waals surface area contributed by atoms with Gasteiger partial charge in [0.25, 0.3) is 0 Å². The highest BCUT2D eigenvalue weighted by Crippen LogP contribution is 2.38. The second-order valence-corrected chi connectivity index (χ2v) is 7.89. The number of nitrogens with zero attached hydrogens (tertiary/aromatic N) is 3. The van der Waals surface area contributed by atoms with Crippen molar-refractivity contribution >= 4 is 23.5 Å². The summed E-state index contributed by atoms with van der Waals surface area (Å²) < 4.78 is 6.08. The van der Waals surface area contributed by atoms with Gasteiger partial charge in [0.15, 0.2) is 0 Å². The second kappa shape index (κ2) is 10.9. The molecule has 0 aliphatic carbocycles. The van der Waals surface area contributed by atoms with Gasteiger partial charge in [0.2, 0.25) is 5.88 Å². The Bertz CT molecular complexity index is 877. The first-order valence-electron chi connectivity index (χ1n) is 9.97. The quantitative estimate of drug-likeness (QED) is 0.650. The van der Waals surface area contributed by atoms with E-state index in [0.29, 0.717) is 35.1 Å². The number of halogens is 1. The van der Waals surface area contributed by atoms with Gasteiger partial charge in [0.05, 0.1) is 5.02 Å². The molecule has 9 heteroatoms. The van der Waals surface area contributed by atoms with E-state index in [1.807, 2.05) is 30.6 Å². The molecule has 2 N–H and O–H groups in total. The van der Waals surface area contributed by atoms with E-state index in [2.05, 4.69) is 20.9 Å². The zero-order valence-electron chi connectivity index (χ0n) is 16.8. The van der Waals surface area contributed by atoms with Crippen molar-refractivity contribution in [2.24, 2.45) is 0 Å². The predicted octanol–water partition coefficient (Wildman–Crippen LogP) is 3.42. The maximum Gasteiger partial charge on any atom is 0.328 e. The molecule has 2 bridgehead atoms. The summed E-state index contributed by atoms with van der Waals surface area (Å²) in [5, 5.41) is 16.3. The van der Waals surface area contributed by atoms with Gasteiger partial charge >= 0.3 is 11.9 Å². The number of ether oxygens (including phenoxy) is 1. The Kier molecular flexibility index (Phi) is 7.97. The molecule has 0 aromatic carbocycles. The van der Waals surface area contributed by atoms with Gasteiger partial charge in [0.1, 0.15) is 6.10 Å². The van der Waals surface area contributed by atoms with Crippen LogP contribution >= 0.6 is 11.6 Å². The third kappa shape index (κ3) is 7.04. The van der Waals surface area contributed by atoms with Crippen LogP contribution in [0.25, 0.3) is 0 Å². The number of carbonyl (C=O) groups is 2. The summed E-state index contributed by atoms with van der Waals surface area (Å²) in [7, 11) is 0. The smallest absolute Gasteiger partial charge is 0.328 e. The lowest BCUT2D eigenvalue weighted by molar-refractivity contribution is -0.134. The zero-order chi connectivity index (χ0) is 22.2. The van der Waals surface area contributed by atoms with Crippen molar-refractivity contribution in [3.05, 3.63) is 65.6 Å². The van der Waals surface area contributed by atoms with Gasteiger partial charge in [-0.15, -0.1) is 0 Å². The summed E-state index contributed by atoms with van der Waals surface area (Å²) in [5.74, 6) is -1.83. The summed E-state index contributed by atoms with van der Waals surface area (Å²) in [6.07, 6.45) is 11.5. The summed E-state index contributed by atoms with van der Waals surface area (Å²) in [4.78, 5) is 30.2. The van der Waals surface area contributed by atoms with Crippen molar-refractivity contribution in [2.75, 3.05) is 0 Å². The number of rotatable bonds is 6. The van der Waals surface area contributed by atoms with Crippen LogP contribution in [-0.4, -0.2) is 55.2 Å². The molecule has 2 aliphatic rings. The summed E-state index contributed by atoms with van der Waals surface area (Å²) in [5.41, 5.74) is 1.29. The molecule has 2 aliphatic heterocycles. The highest BCUT2D eigenvalue weighted by Gasteiger charge is 2.41. The van der Waals surface area contributed by atoms with Gasteiger partial charge in [-0.2, -0.15) is 0 Å². The van der Waals surface area contributed by atoms with Gasteiger partial charge < -0.3 is 14.9 Å². The maximum absolute atomic E-state index is 9.55. The average Bonchev–Trinajstić information content (AvgIpc) is 2.97. The molecule has 8 nitrogen and oxygen atoms in total. The summed E-state index contributed by atoms with van der Waals surface area (Å²) in [6.45, 7) is 0.995. The van der Waals surface area contributed by atoms with Crippen LogP contribution in [0, 0.1) is 0 Å². The summed E-state index contributed by atoms with van der Waals surface area (Å²) in [6, 6.07) is 9.06. The van der Waals surface area contributed by atoms with E-state index in [9.17, 15) is 9.59 Å². The lowest BCUT2D eigenvalue weighted by Crippen LogP contribution is -2.45. The van der Waals surface area contributed by atoms with Crippen LogP contribution in [-0.2, 0) is 16.1 Å². The van der Waals surface area contributed by atoms with E-state index >= 15 is 0 Å². The van der Waals surface area contributed by atoms with Gasteiger partial charge in [-0.1, -0.05) is 17.7 Å². The molecular formula is C22H24ClN3O5. The first-order valence-corrected chi connectivity index (χ1v) is 10.4. The number of carboxylic acid groups (broad SMARTS) is 2. The number of piperidine rings is 1. The van der Waals surface area contributed by atoms with Crippen LogP contribution in [0.5, 0.6) is 5.88 Å². The van der Waals surface area contributed by atoms with E-state index in [1.54, 1.807) is 6.20 Å². The fourth-order valence-corrected chi connectivity index (χ4v) is 4.14. The molecule has 2 aromatic rings. The molecule has 0 saturated carbocycles. The van der Waals surface area contributed by atoms with Crippen molar-refractivity contribution < 1.29 is 24.5 Å². The Labute approximate surface area is 185 Å². The molecule has 2 saturated heterocycles. The Morgan fingerprint density at radius 2 is 1.77 bits per heavy atom. The minimum absolute atomic E-state index is 0.256. The lowest BCUT2D eigenvalue weighted by Gasteiger charge is -2.38. The highest BCUT2D eigenvalue weighted by molar-refractivity contribution is 6.30. The normalized spacial score (nSPS) is 22.5. The van der Waals surface area contributed by atoms with Crippen LogP contribution < -0.4 is 4.74 Å². The fraction of sp³-hybridized carbons (Fsp3) is 0.364. The minimum atomic E-state index is -1.26. The van der Waals surface area contributed by atoms with Crippen molar-refractivity contribution in [3.8, 4) is 5.88 Å². The van der Waals surface area contributed by atoms with Crippen LogP contribution in [0.2, 0.25) is 5.02 Å². The Morgan fingerprint density at radius 3 is 2.29 bits per heavy atom. The first kappa shape index (κ1) is 22.7. The molecule has 2 fully saturated rings. The Morgan fingerprint density at radius 1 is 1.10 bits per heavy atom. The lowest BCUT2D eigenvalue weighted by atomic mass is 9.99. The highest BCUT2D eigenvalue weighted by atomic mass is 35.5. The third-order valence-corrected chi connectivity index (χ3v) is 5.51. The maximum atomic E-state index is 9.55. The molecule has 0 amide bonds. The third-order valence-electron chi connectivity index (χ3n) is 5.29. The largest absolute Gasteiger partial charge is 0.478 e. The van der Waals surface area contributed by atoms with Crippen molar-refractivity contribution in [1.82, 2.24) is 14.9 Å². The minimum Gasteiger partial charge on any atom is -0.478 e. The van der Waals surface area contributed by atoms with Crippen LogP contribution in [0.15, 0.2) is 55.0 Å².